The van der Waals surface area contributed by atoms with E-state index in [0.717, 1.165) is 5.56 Å². The molecule has 1 aromatic heterocycles. The first kappa shape index (κ1) is 20.9. The second kappa shape index (κ2) is 8.18. The molecule has 0 aliphatic carbocycles. The Morgan fingerprint density at radius 1 is 1.09 bits per heavy atom. The molecule has 166 valence electrons. The van der Waals surface area contributed by atoms with Gasteiger partial charge in [0.15, 0.2) is 5.84 Å². The molecule has 2 N–H and O–H groups in total. The lowest BCUT2D eigenvalue weighted by atomic mass is 10.0. The molecule has 5 rings (SSSR count). The highest BCUT2D eigenvalue weighted by Gasteiger charge is 2.38. The van der Waals surface area contributed by atoms with Crippen LogP contribution in [0, 0.1) is 5.82 Å². The molecule has 3 heterocycles. The van der Waals surface area contributed by atoms with E-state index >= 15 is 0 Å². The molecule has 1 saturated heterocycles. The summed E-state index contributed by atoms with van der Waals surface area (Å²) in [4.78, 5) is 10.6. The van der Waals surface area contributed by atoms with Crippen molar-refractivity contribution in [3.8, 4) is 0 Å². The van der Waals surface area contributed by atoms with E-state index in [-0.39, 0.29) is 17.6 Å². The van der Waals surface area contributed by atoms with Crippen LogP contribution in [-0.2, 0) is 12.6 Å². The highest BCUT2D eigenvalue weighted by atomic mass is 32.1. The van der Waals surface area contributed by atoms with Crippen molar-refractivity contribution in [3.63, 3.8) is 0 Å². The minimum absolute atomic E-state index is 0.0348. The molecule has 0 amide bonds. The predicted molar refractivity (Wildman–Crippen MR) is 117 cm³/mol. The summed E-state index contributed by atoms with van der Waals surface area (Å²) in [6, 6.07) is 13.6. The van der Waals surface area contributed by atoms with Crippen LogP contribution in [0.15, 0.2) is 53.5 Å². The van der Waals surface area contributed by atoms with Gasteiger partial charge >= 0.3 is 6.18 Å². The van der Waals surface area contributed by atoms with E-state index in [1.165, 1.54) is 12.1 Å². The number of thiazole rings is 1. The lowest BCUT2D eigenvalue weighted by Crippen LogP contribution is -2.53. The average Bonchev–Trinajstić information content (AvgIpc) is 3.12. The molecule has 1 atom stereocenters. The smallest absolute Gasteiger partial charge is 0.352 e. The molecular weight excluding hydrogens is 442 g/mol. The molecule has 0 spiro atoms. The van der Waals surface area contributed by atoms with E-state index in [1.54, 1.807) is 24.3 Å². The highest BCUT2D eigenvalue weighted by Crippen LogP contribution is 2.42. The van der Waals surface area contributed by atoms with Gasteiger partial charge in [0.2, 0.25) is 5.01 Å². The Hall–Kier alpha value is -2.98. The first-order valence-corrected chi connectivity index (χ1v) is 10.9. The molecule has 1 fully saturated rings. The molecule has 5 nitrogen and oxygen atoms in total. The summed E-state index contributed by atoms with van der Waals surface area (Å²) in [5, 5.41) is 5.95. The van der Waals surface area contributed by atoms with Crippen LogP contribution >= 0.6 is 11.3 Å². The maximum Gasteiger partial charge on any atom is 0.443 e. The number of aromatic nitrogens is 1. The Balaban J connectivity index is 1.48. The van der Waals surface area contributed by atoms with Gasteiger partial charge in [-0.05, 0) is 36.2 Å². The van der Waals surface area contributed by atoms with Crippen LogP contribution in [-0.4, -0.2) is 41.4 Å². The minimum Gasteiger partial charge on any atom is -0.352 e. The number of halogens is 4. The Labute approximate surface area is 185 Å². The molecule has 2 aliphatic rings. The summed E-state index contributed by atoms with van der Waals surface area (Å²) in [5.41, 5.74) is 2.48. The van der Waals surface area contributed by atoms with Gasteiger partial charge in [0.25, 0.3) is 0 Å². The quantitative estimate of drug-likeness (QED) is 0.530. The SMILES string of the molecule is Fc1ccc(C[C@@H]2CN(C3=Nc4ccccc4Nc4sc(C(F)(F)F)nc43)CCN2)cc1. The van der Waals surface area contributed by atoms with Crippen molar-refractivity contribution in [1.82, 2.24) is 15.2 Å². The molecule has 10 heteroatoms. The molecular formula is C22H19F4N5S. The molecule has 2 aliphatic heterocycles. The van der Waals surface area contributed by atoms with Crippen LogP contribution in [0.3, 0.4) is 0 Å². The van der Waals surface area contributed by atoms with Crippen molar-refractivity contribution in [2.24, 2.45) is 4.99 Å². The number of alkyl halides is 3. The van der Waals surface area contributed by atoms with Crippen LogP contribution in [0.5, 0.6) is 0 Å². The normalized spacial score (nSPS) is 18.3. The van der Waals surface area contributed by atoms with E-state index in [9.17, 15) is 17.6 Å². The first-order valence-electron chi connectivity index (χ1n) is 10.1. The second-order valence-corrected chi connectivity index (χ2v) is 8.70. The van der Waals surface area contributed by atoms with Crippen molar-refractivity contribution in [3.05, 3.63) is 70.6 Å². The fraction of sp³-hybridized carbons (Fsp3) is 0.273. The lowest BCUT2D eigenvalue weighted by molar-refractivity contribution is -0.137. The molecule has 3 aromatic rings. The number of rotatable bonds is 2. The number of anilines is 2. The van der Waals surface area contributed by atoms with Gasteiger partial charge in [0, 0.05) is 25.7 Å². The van der Waals surface area contributed by atoms with Gasteiger partial charge in [-0.25, -0.2) is 14.4 Å². The van der Waals surface area contributed by atoms with Gasteiger partial charge < -0.3 is 15.5 Å². The van der Waals surface area contributed by atoms with Crippen molar-refractivity contribution in [2.45, 2.75) is 18.6 Å². The number of amidine groups is 1. The first-order chi connectivity index (χ1) is 15.4. The summed E-state index contributed by atoms with van der Waals surface area (Å²) in [6.07, 6.45) is -3.87. The van der Waals surface area contributed by atoms with Gasteiger partial charge in [0.05, 0.1) is 11.4 Å². The van der Waals surface area contributed by atoms with E-state index in [4.69, 9.17) is 4.99 Å². The van der Waals surface area contributed by atoms with E-state index < -0.39 is 11.2 Å². The highest BCUT2D eigenvalue weighted by molar-refractivity contribution is 7.16. The zero-order chi connectivity index (χ0) is 22.3. The third kappa shape index (κ3) is 4.20. The summed E-state index contributed by atoms with van der Waals surface area (Å²) >= 11 is 0.586. The minimum atomic E-state index is -4.53. The average molecular weight is 461 g/mol. The van der Waals surface area contributed by atoms with Gasteiger partial charge in [-0.3, -0.25) is 0 Å². The molecule has 0 radical (unpaired) electrons. The Morgan fingerprint density at radius 2 is 1.88 bits per heavy atom. The van der Waals surface area contributed by atoms with E-state index in [2.05, 4.69) is 15.6 Å². The van der Waals surface area contributed by atoms with E-state index in [1.807, 2.05) is 17.0 Å². The topological polar surface area (TPSA) is 52.5 Å². The number of fused-ring (bicyclic) bond motifs is 2. The summed E-state index contributed by atoms with van der Waals surface area (Å²) in [7, 11) is 0. The molecule has 0 saturated carbocycles. The maximum atomic E-state index is 13.4. The lowest BCUT2D eigenvalue weighted by Gasteiger charge is -2.35. The number of hydrogen-bond acceptors (Lipinski definition) is 6. The van der Waals surface area contributed by atoms with Crippen LogP contribution in [0.1, 0.15) is 16.3 Å². The zero-order valence-corrected chi connectivity index (χ0v) is 17.6. The second-order valence-electron chi connectivity index (χ2n) is 7.70. The number of para-hydroxylation sites is 2. The molecule has 0 bridgehead atoms. The van der Waals surface area contributed by atoms with Crippen molar-refractivity contribution >= 4 is 33.5 Å². The third-order valence-corrected chi connectivity index (χ3v) is 6.43. The number of nitrogens with one attached hydrogen (secondary N) is 2. The number of piperazine rings is 1. The van der Waals surface area contributed by atoms with Crippen molar-refractivity contribution in [1.29, 1.82) is 0 Å². The fourth-order valence-corrected chi connectivity index (χ4v) is 4.76. The summed E-state index contributed by atoms with van der Waals surface area (Å²) in [5.74, 6) is 0.136. The number of hydrogen-bond donors (Lipinski definition) is 2. The fourth-order valence-electron chi connectivity index (χ4n) is 3.92. The Kier molecular flexibility index (Phi) is 5.34. The third-order valence-electron chi connectivity index (χ3n) is 5.41. The van der Waals surface area contributed by atoms with Gasteiger partial charge in [-0.2, -0.15) is 13.2 Å². The maximum absolute atomic E-state index is 13.4. The predicted octanol–water partition coefficient (Wildman–Crippen LogP) is 4.95. The molecule has 32 heavy (non-hydrogen) atoms. The van der Waals surface area contributed by atoms with Gasteiger partial charge in [-0.1, -0.05) is 35.6 Å². The van der Waals surface area contributed by atoms with Crippen molar-refractivity contribution in [2.75, 3.05) is 25.0 Å². The van der Waals surface area contributed by atoms with Gasteiger partial charge in [0.1, 0.15) is 16.5 Å². The van der Waals surface area contributed by atoms with Crippen molar-refractivity contribution < 1.29 is 17.6 Å². The Bertz CT molecular complexity index is 1160. The summed E-state index contributed by atoms with van der Waals surface area (Å²) in [6.45, 7) is 1.77. The Morgan fingerprint density at radius 3 is 2.66 bits per heavy atom. The van der Waals surface area contributed by atoms with Crippen LogP contribution < -0.4 is 10.6 Å². The standard InChI is InChI=1S/C22H19F4N5S/c23-14-7-5-13(6-8-14)11-15-12-31(10-9-27-15)19-18-20(32-21(30-18)22(24,25)26)29-17-4-2-1-3-16(17)28-19/h1-8,15,27,29H,9-12H2/t15-/m1/s1. The van der Waals surface area contributed by atoms with Crippen LogP contribution in [0.4, 0.5) is 33.9 Å². The van der Waals surface area contributed by atoms with E-state index in [0.29, 0.717) is 59.6 Å². The van der Waals surface area contributed by atoms with Gasteiger partial charge in [-0.15, -0.1) is 0 Å². The monoisotopic (exact) mass is 461 g/mol. The number of nitrogens with zero attached hydrogens (tertiary/aromatic N) is 3. The van der Waals surface area contributed by atoms with Crippen LogP contribution in [0.25, 0.3) is 0 Å². The number of aliphatic imine (C=N–C) groups is 1. The molecule has 0 unspecified atom stereocenters. The molecule has 2 aromatic carbocycles. The zero-order valence-electron chi connectivity index (χ0n) is 16.8. The summed E-state index contributed by atoms with van der Waals surface area (Å²) < 4.78 is 53.4. The number of benzene rings is 2. The largest absolute Gasteiger partial charge is 0.443 e. The van der Waals surface area contributed by atoms with Crippen LogP contribution in [0.2, 0.25) is 0 Å².